The molecule has 0 radical (unpaired) electrons. The van der Waals surface area contributed by atoms with Crippen molar-refractivity contribution in [2.75, 3.05) is 6.61 Å². The Bertz CT molecular complexity index is 323. The van der Waals surface area contributed by atoms with Gasteiger partial charge in [-0.3, -0.25) is 0 Å². The average molecular weight is 238 g/mol. The lowest BCUT2D eigenvalue weighted by atomic mass is 9.60. The van der Waals surface area contributed by atoms with E-state index in [1.165, 1.54) is 12.8 Å². The zero-order valence-electron chi connectivity index (χ0n) is 11.6. The summed E-state index contributed by atoms with van der Waals surface area (Å²) in [5.41, 5.74) is 0.302. The molecule has 2 aliphatic carbocycles. The van der Waals surface area contributed by atoms with E-state index < -0.39 is 0 Å². The fraction of sp³-hybridized carbons (Fsp3) is 1.00. The van der Waals surface area contributed by atoms with Crippen LogP contribution >= 0.6 is 0 Å². The van der Waals surface area contributed by atoms with Crippen LogP contribution in [-0.2, 0) is 4.74 Å². The number of hydrogen-bond donors (Lipinski definition) is 1. The fourth-order valence-electron chi connectivity index (χ4n) is 5.12. The molecule has 17 heavy (non-hydrogen) atoms. The van der Waals surface area contributed by atoms with Crippen molar-refractivity contribution in [3.8, 4) is 0 Å². The van der Waals surface area contributed by atoms with Gasteiger partial charge in [0, 0.05) is 12.0 Å². The minimum Gasteiger partial charge on any atom is -0.392 e. The maximum atomic E-state index is 10.8. The molecule has 0 unspecified atom stereocenters. The highest BCUT2D eigenvalue weighted by Gasteiger charge is 2.67. The van der Waals surface area contributed by atoms with Crippen molar-refractivity contribution in [3.63, 3.8) is 0 Å². The van der Waals surface area contributed by atoms with E-state index in [0.29, 0.717) is 23.9 Å². The average Bonchev–Trinajstić information content (AvgIpc) is 2.73. The zero-order valence-corrected chi connectivity index (χ0v) is 11.6. The Hall–Kier alpha value is -0.0800. The molecular weight excluding hydrogens is 212 g/mol. The van der Waals surface area contributed by atoms with Crippen LogP contribution in [0.1, 0.15) is 47.0 Å². The smallest absolute Gasteiger partial charge is 0.0654 e. The minimum absolute atomic E-state index is 0.120. The van der Waals surface area contributed by atoms with E-state index in [4.69, 9.17) is 4.74 Å². The molecule has 0 amide bonds. The van der Waals surface area contributed by atoms with Crippen LogP contribution in [0.4, 0.5) is 0 Å². The molecule has 1 spiro atoms. The van der Waals surface area contributed by atoms with Gasteiger partial charge in [0.25, 0.3) is 0 Å². The molecule has 1 N–H and O–H groups in total. The van der Waals surface area contributed by atoms with Gasteiger partial charge in [-0.2, -0.15) is 0 Å². The van der Waals surface area contributed by atoms with Gasteiger partial charge in [0.15, 0.2) is 0 Å². The summed E-state index contributed by atoms with van der Waals surface area (Å²) >= 11 is 0. The van der Waals surface area contributed by atoms with E-state index in [1.54, 1.807) is 0 Å². The molecule has 1 aliphatic heterocycles. The number of hydrogen-bond acceptors (Lipinski definition) is 2. The molecule has 98 valence electrons. The summed E-state index contributed by atoms with van der Waals surface area (Å²) in [6.07, 6.45) is 3.83. The van der Waals surface area contributed by atoms with E-state index in [9.17, 15) is 5.11 Å². The first-order valence-corrected chi connectivity index (χ1v) is 7.19. The Balaban J connectivity index is 1.95. The molecule has 0 aromatic rings. The van der Waals surface area contributed by atoms with Crippen LogP contribution in [0.25, 0.3) is 0 Å². The molecule has 5 atom stereocenters. The summed E-state index contributed by atoms with van der Waals surface area (Å²) in [7, 11) is 0. The van der Waals surface area contributed by atoms with E-state index in [0.717, 1.165) is 13.0 Å². The first kappa shape index (κ1) is 12.0. The third-order valence-corrected chi connectivity index (χ3v) is 6.14. The van der Waals surface area contributed by atoms with E-state index in [-0.39, 0.29) is 16.9 Å². The third kappa shape index (κ3) is 1.34. The van der Waals surface area contributed by atoms with Gasteiger partial charge in [0.2, 0.25) is 0 Å². The van der Waals surface area contributed by atoms with Crippen molar-refractivity contribution < 1.29 is 9.84 Å². The van der Waals surface area contributed by atoms with Gasteiger partial charge in [0.05, 0.1) is 12.2 Å². The van der Waals surface area contributed by atoms with Crippen LogP contribution in [0.5, 0.6) is 0 Å². The lowest BCUT2D eigenvalue weighted by Gasteiger charge is -2.52. The molecule has 2 heteroatoms. The molecule has 2 nitrogen and oxygen atoms in total. The zero-order chi connectivity index (χ0) is 12.4. The van der Waals surface area contributed by atoms with Crippen molar-refractivity contribution in [1.29, 1.82) is 0 Å². The van der Waals surface area contributed by atoms with Gasteiger partial charge in [-0.1, -0.05) is 27.7 Å². The van der Waals surface area contributed by atoms with Gasteiger partial charge in [0.1, 0.15) is 0 Å². The number of fused-ring (bicyclic) bond motifs is 1. The number of aliphatic hydroxyl groups is 1. The molecule has 0 aromatic carbocycles. The van der Waals surface area contributed by atoms with Crippen molar-refractivity contribution in [2.45, 2.75) is 59.2 Å². The molecule has 0 aromatic heterocycles. The van der Waals surface area contributed by atoms with Crippen LogP contribution < -0.4 is 0 Å². The largest absolute Gasteiger partial charge is 0.392 e. The number of aliphatic hydroxyl groups excluding tert-OH is 1. The predicted octanol–water partition coefficient (Wildman–Crippen LogP) is 2.84. The topological polar surface area (TPSA) is 29.5 Å². The fourth-order valence-corrected chi connectivity index (χ4v) is 5.12. The van der Waals surface area contributed by atoms with Gasteiger partial charge >= 0.3 is 0 Å². The maximum absolute atomic E-state index is 10.8. The van der Waals surface area contributed by atoms with Gasteiger partial charge in [-0.15, -0.1) is 0 Å². The second-order valence-electron chi connectivity index (χ2n) is 7.53. The normalized spacial score (nSPS) is 51.9. The molecule has 3 aliphatic rings. The SMILES string of the molecule is CC(C)[C@H]1OCC[C@@]23C[C@@H](C[C@H]12)C(C)(C)[C@H]3O. The van der Waals surface area contributed by atoms with Crippen LogP contribution in [-0.4, -0.2) is 23.9 Å². The van der Waals surface area contributed by atoms with Gasteiger partial charge in [-0.05, 0) is 42.4 Å². The van der Waals surface area contributed by atoms with E-state index in [1.807, 2.05) is 0 Å². The first-order valence-electron chi connectivity index (χ1n) is 7.19. The van der Waals surface area contributed by atoms with Crippen molar-refractivity contribution in [3.05, 3.63) is 0 Å². The minimum atomic E-state index is -0.121. The van der Waals surface area contributed by atoms with E-state index >= 15 is 0 Å². The monoisotopic (exact) mass is 238 g/mol. The van der Waals surface area contributed by atoms with E-state index in [2.05, 4.69) is 27.7 Å². The molecule has 3 rings (SSSR count). The van der Waals surface area contributed by atoms with Gasteiger partial charge in [-0.25, -0.2) is 0 Å². The highest BCUT2D eigenvalue weighted by atomic mass is 16.5. The van der Waals surface area contributed by atoms with Crippen LogP contribution in [0.2, 0.25) is 0 Å². The lowest BCUT2D eigenvalue weighted by Crippen LogP contribution is -2.54. The molecule has 2 saturated carbocycles. The van der Waals surface area contributed by atoms with Crippen molar-refractivity contribution in [1.82, 2.24) is 0 Å². The summed E-state index contributed by atoms with van der Waals surface area (Å²) in [5.74, 6) is 1.88. The van der Waals surface area contributed by atoms with Crippen LogP contribution in [0.3, 0.4) is 0 Å². The summed E-state index contributed by atoms with van der Waals surface area (Å²) in [6, 6.07) is 0. The third-order valence-electron chi connectivity index (χ3n) is 6.14. The summed E-state index contributed by atoms with van der Waals surface area (Å²) in [4.78, 5) is 0. The molecule has 3 fully saturated rings. The standard InChI is InChI=1S/C15H26O2/c1-9(2)12-11-7-10-8-15(11,5-6-17-12)13(16)14(10,3)4/h9-13,16H,5-8H2,1-4H3/t10-,11-,12-,13-,15-/m1/s1. The first-order chi connectivity index (χ1) is 7.89. The van der Waals surface area contributed by atoms with Crippen LogP contribution in [0.15, 0.2) is 0 Å². The second kappa shape index (κ2) is 3.48. The Morgan fingerprint density at radius 1 is 1.29 bits per heavy atom. The highest BCUT2D eigenvalue weighted by molar-refractivity contribution is 5.16. The Kier molecular flexibility index (Phi) is 2.45. The van der Waals surface area contributed by atoms with Crippen LogP contribution in [0, 0.1) is 28.6 Å². The summed E-state index contributed by atoms with van der Waals surface area (Å²) < 4.78 is 6.01. The second-order valence-corrected chi connectivity index (χ2v) is 7.53. The van der Waals surface area contributed by atoms with Crippen molar-refractivity contribution in [2.24, 2.45) is 28.6 Å². The quantitative estimate of drug-likeness (QED) is 0.761. The molecule has 2 bridgehead atoms. The van der Waals surface area contributed by atoms with Crippen molar-refractivity contribution >= 4 is 0 Å². The predicted molar refractivity (Wildman–Crippen MR) is 67.6 cm³/mol. The maximum Gasteiger partial charge on any atom is 0.0654 e. The molecular formula is C15H26O2. The number of rotatable bonds is 1. The highest BCUT2D eigenvalue weighted by Crippen LogP contribution is 2.68. The summed E-state index contributed by atoms with van der Waals surface area (Å²) in [6.45, 7) is 9.87. The van der Waals surface area contributed by atoms with Gasteiger partial charge < -0.3 is 9.84 Å². The Morgan fingerprint density at radius 2 is 2.00 bits per heavy atom. The number of ether oxygens (including phenoxy) is 1. The molecule has 1 heterocycles. The summed E-state index contributed by atoms with van der Waals surface area (Å²) in [5, 5.41) is 10.8. The molecule has 1 saturated heterocycles. The Labute approximate surface area is 105 Å². The Morgan fingerprint density at radius 3 is 2.59 bits per heavy atom. The lowest BCUT2D eigenvalue weighted by molar-refractivity contribution is -0.172.